The van der Waals surface area contributed by atoms with E-state index in [0.717, 1.165) is 18.5 Å². The molecule has 0 aliphatic carbocycles. The third-order valence-electron chi connectivity index (χ3n) is 1.88. The lowest BCUT2D eigenvalue weighted by Gasteiger charge is -2.19. The summed E-state index contributed by atoms with van der Waals surface area (Å²) in [6.45, 7) is 3.43. The van der Waals surface area contributed by atoms with Crippen molar-refractivity contribution in [2.24, 2.45) is 0 Å². The van der Waals surface area contributed by atoms with Gasteiger partial charge in [-0.3, -0.25) is 0 Å². The van der Waals surface area contributed by atoms with Crippen molar-refractivity contribution in [1.82, 2.24) is 4.90 Å². The molecule has 1 aromatic heterocycles. The monoisotopic (exact) mass is 213 g/mol. The Kier molecular flexibility index (Phi) is 4.46. The van der Waals surface area contributed by atoms with Crippen molar-refractivity contribution in [2.75, 3.05) is 13.7 Å². The molecule has 0 unspecified atom stereocenters. The van der Waals surface area contributed by atoms with Crippen LogP contribution in [-0.4, -0.2) is 24.6 Å². The average molecular weight is 213 g/mol. The van der Waals surface area contributed by atoms with E-state index in [9.17, 15) is 4.79 Å². The molecule has 0 saturated carbocycles. The van der Waals surface area contributed by atoms with Gasteiger partial charge in [-0.25, -0.2) is 4.79 Å². The molecule has 0 aliphatic heterocycles. The maximum absolute atomic E-state index is 11.3. The second-order valence-electron chi connectivity index (χ2n) is 3.02. The number of hydrogen-bond donors (Lipinski definition) is 0. The van der Waals surface area contributed by atoms with Gasteiger partial charge in [0.15, 0.2) is 0 Å². The number of ether oxygens (including phenoxy) is 1. The van der Waals surface area contributed by atoms with E-state index in [1.165, 1.54) is 7.11 Å². The largest absolute Gasteiger partial charge is 0.453 e. The summed E-state index contributed by atoms with van der Waals surface area (Å²) in [7, 11) is 1.42. The Balaban J connectivity index is 2.55. The Morgan fingerprint density at radius 3 is 2.93 bits per heavy atom. The molecule has 1 aromatic rings. The fourth-order valence-electron chi connectivity index (χ4n) is 1.24. The number of thiophene rings is 1. The Bertz CT molecular complexity index is 272. The van der Waals surface area contributed by atoms with Crippen LogP contribution < -0.4 is 0 Å². The van der Waals surface area contributed by atoms with Crippen molar-refractivity contribution < 1.29 is 9.53 Å². The van der Waals surface area contributed by atoms with Crippen LogP contribution in [0.4, 0.5) is 4.79 Å². The molecule has 0 spiro atoms. The molecule has 1 amide bonds. The van der Waals surface area contributed by atoms with Gasteiger partial charge in [-0.2, -0.15) is 11.3 Å². The van der Waals surface area contributed by atoms with Gasteiger partial charge in [0.05, 0.1) is 7.11 Å². The SMILES string of the molecule is CCCN(Cc1ccsc1)C(=O)OC. The minimum Gasteiger partial charge on any atom is -0.453 e. The van der Waals surface area contributed by atoms with E-state index in [1.54, 1.807) is 16.2 Å². The molecule has 1 heterocycles. The highest BCUT2D eigenvalue weighted by atomic mass is 32.1. The highest BCUT2D eigenvalue weighted by Crippen LogP contribution is 2.10. The molecule has 0 atom stereocenters. The van der Waals surface area contributed by atoms with Gasteiger partial charge in [-0.1, -0.05) is 6.92 Å². The van der Waals surface area contributed by atoms with Crippen molar-refractivity contribution in [3.05, 3.63) is 22.4 Å². The molecule has 0 saturated heterocycles. The topological polar surface area (TPSA) is 29.5 Å². The first-order chi connectivity index (χ1) is 6.77. The molecule has 4 heteroatoms. The second-order valence-corrected chi connectivity index (χ2v) is 3.80. The van der Waals surface area contributed by atoms with Gasteiger partial charge in [-0.05, 0) is 28.8 Å². The molecule has 78 valence electrons. The van der Waals surface area contributed by atoms with E-state index >= 15 is 0 Å². The number of carbonyl (C=O) groups is 1. The summed E-state index contributed by atoms with van der Waals surface area (Å²) in [6.07, 6.45) is 0.692. The number of carbonyl (C=O) groups excluding carboxylic acids is 1. The number of methoxy groups -OCH3 is 1. The molecule has 0 aliphatic rings. The molecule has 1 rings (SSSR count). The lowest BCUT2D eigenvalue weighted by atomic mass is 10.3. The highest BCUT2D eigenvalue weighted by molar-refractivity contribution is 7.07. The van der Waals surface area contributed by atoms with Crippen LogP contribution in [-0.2, 0) is 11.3 Å². The van der Waals surface area contributed by atoms with Crippen molar-refractivity contribution >= 4 is 17.4 Å². The van der Waals surface area contributed by atoms with E-state index in [1.807, 2.05) is 23.8 Å². The van der Waals surface area contributed by atoms with Gasteiger partial charge in [0.1, 0.15) is 0 Å². The molecular formula is C10H15NO2S. The number of hydrogen-bond acceptors (Lipinski definition) is 3. The summed E-state index contributed by atoms with van der Waals surface area (Å²) >= 11 is 1.64. The van der Waals surface area contributed by atoms with Crippen molar-refractivity contribution in [3.8, 4) is 0 Å². The zero-order chi connectivity index (χ0) is 10.4. The lowest BCUT2D eigenvalue weighted by molar-refractivity contribution is 0.121. The first kappa shape index (κ1) is 11.0. The minimum absolute atomic E-state index is 0.252. The first-order valence-electron chi connectivity index (χ1n) is 4.62. The summed E-state index contributed by atoms with van der Waals surface area (Å²) < 4.78 is 4.70. The molecule has 0 radical (unpaired) electrons. The maximum Gasteiger partial charge on any atom is 0.409 e. The second kappa shape index (κ2) is 5.65. The quantitative estimate of drug-likeness (QED) is 0.769. The normalized spacial score (nSPS) is 9.86. The van der Waals surface area contributed by atoms with E-state index in [2.05, 4.69) is 0 Å². The van der Waals surface area contributed by atoms with Gasteiger partial charge >= 0.3 is 6.09 Å². The smallest absolute Gasteiger partial charge is 0.409 e. The first-order valence-corrected chi connectivity index (χ1v) is 5.56. The van der Waals surface area contributed by atoms with Crippen LogP contribution in [0.3, 0.4) is 0 Å². The third-order valence-corrected chi connectivity index (χ3v) is 2.61. The maximum atomic E-state index is 11.3. The molecule has 14 heavy (non-hydrogen) atoms. The Hall–Kier alpha value is -1.03. The molecule has 3 nitrogen and oxygen atoms in total. The van der Waals surface area contributed by atoms with E-state index in [-0.39, 0.29) is 6.09 Å². The van der Waals surface area contributed by atoms with Gasteiger partial charge in [0.25, 0.3) is 0 Å². The number of rotatable bonds is 4. The average Bonchev–Trinajstić information content (AvgIpc) is 2.68. The van der Waals surface area contributed by atoms with Crippen LogP contribution >= 0.6 is 11.3 Å². The highest BCUT2D eigenvalue weighted by Gasteiger charge is 2.12. The van der Waals surface area contributed by atoms with Crippen LogP contribution in [0.2, 0.25) is 0 Å². The Labute approximate surface area is 88.3 Å². The summed E-state index contributed by atoms with van der Waals surface area (Å²) in [5.74, 6) is 0. The lowest BCUT2D eigenvalue weighted by Crippen LogP contribution is -2.30. The minimum atomic E-state index is -0.252. The van der Waals surface area contributed by atoms with Gasteiger partial charge < -0.3 is 9.64 Å². The van der Waals surface area contributed by atoms with Crippen molar-refractivity contribution in [2.45, 2.75) is 19.9 Å². The van der Waals surface area contributed by atoms with Crippen molar-refractivity contribution in [3.63, 3.8) is 0 Å². The van der Waals surface area contributed by atoms with E-state index in [0.29, 0.717) is 6.54 Å². The Morgan fingerprint density at radius 2 is 2.43 bits per heavy atom. The molecule has 0 N–H and O–H groups in total. The third kappa shape index (κ3) is 3.03. The molecule has 0 fully saturated rings. The Morgan fingerprint density at radius 1 is 1.64 bits per heavy atom. The number of amides is 1. The van der Waals surface area contributed by atoms with Crippen LogP contribution in [0.5, 0.6) is 0 Å². The van der Waals surface area contributed by atoms with Gasteiger partial charge in [0, 0.05) is 13.1 Å². The molecule has 0 bridgehead atoms. The van der Waals surface area contributed by atoms with Gasteiger partial charge in [-0.15, -0.1) is 0 Å². The van der Waals surface area contributed by atoms with Crippen LogP contribution in [0.25, 0.3) is 0 Å². The van der Waals surface area contributed by atoms with Crippen LogP contribution in [0.15, 0.2) is 16.8 Å². The van der Waals surface area contributed by atoms with Gasteiger partial charge in [0.2, 0.25) is 0 Å². The predicted octanol–water partition coefficient (Wildman–Crippen LogP) is 2.73. The van der Waals surface area contributed by atoms with Crippen LogP contribution in [0.1, 0.15) is 18.9 Å². The predicted molar refractivity (Wildman–Crippen MR) is 57.4 cm³/mol. The summed E-state index contributed by atoms with van der Waals surface area (Å²) in [5.41, 5.74) is 1.16. The van der Waals surface area contributed by atoms with E-state index in [4.69, 9.17) is 4.74 Å². The zero-order valence-corrected chi connectivity index (χ0v) is 9.34. The number of nitrogens with zero attached hydrogens (tertiary/aromatic N) is 1. The zero-order valence-electron chi connectivity index (χ0n) is 8.53. The van der Waals surface area contributed by atoms with Crippen LogP contribution in [0, 0.1) is 0 Å². The fourth-order valence-corrected chi connectivity index (χ4v) is 1.90. The molecule has 0 aromatic carbocycles. The fraction of sp³-hybridized carbons (Fsp3) is 0.500. The van der Waals surface area contributed by atoms with Crippen molar-refractivity contribution in [1.29, 1.82) is 0 Å². The summed E-state index contributed by atoms with van der Waals surface area (Å²) in [4.78, 5) is 13.0. The molecular weight excluding hydrogens is 198 g/mol. The standard InChI is InChI=1S/C10H15NO2S/c1-3-5-11(10(12)13-2)7-9-4-6-14-8-9/h4,6,8H,3,5,7H2,1-2H3. The van der Waals surface area contributed by atoms with E-state index < -0.39 is 0 Å². The summed E-state index contributed by atoms with van der Waals surface area (Å²) in [6, 6.07) is 2.02. The summed E-state index contributed by atoms with van der Waals surface area (Å²) in [5, 5.41) is 4.06.